The number of pyridine rings is 1. The molecule has 110 valence electrons. The van der Waals surface area contributed by atoms with E-state index >= 15 is 0 Å². The van der Waals surface area contributed by atoms with Crippen molar-refractivity contribution < 1.29 is 4.74 Å². The summed E-state index contributed by atoms with van der Waals surface area (Å²) in [6.07, 6.45) is 4.32. The van der Waals surface area contributed by atoms with Crippen LogP contribution in [0, 0.1) is 5.92 Å². The van der Waals surface area contributed by atoms with Gasteiger partial charge in [0.1, 0.15) is 5.82 Å². The fourth-order valence-corrected chi connectivity index (χ4v) is 2.40. The highest BCUT2D eigenvalue weighted by atomic mass is 16.5. The van der Waals surface area contributed by atoms with Gasteiger partial charge in [-0.15, -0.1) is 0 Å². The largest absolute Gasteiger partial charge is 0.478 e. The number of nitrogens with two attached hydrogens (primary N) is 1. The molecule has 0 spiro atoms. The zero-order valence-corrected chi connectivity index (χ0v) is 12.4. The Balaban J connectivity index is 2.03. The summed E-state index contributed by atoms with van der Waals surface area (Å²) in [4.78, 5) is 12.3. The number of H-pyrrole nitrogens is 1. The predicted molar refractivity (Wildman–Crippen MR) is 80.8 cm³/mol. The quantitative estimate of drug-likeness (QED) is 0.777. The van der Waals surface area contributed by atoms with E-state index in [9.17, 15) is 0 Å². The molecule has 3 N–H and O–H groups in total. The second-order valence-corrected chi connectivity index (χ2v) is 5.03. The fraction of sp³-hybridized carbons (Fsp3) is 0.600. The highest BCUT2D eigenvalue weighted by molar-refractivity contribution is 5.71. The summed E-state index contributed by atoms with van der Waals surface area (Å²) >= 11 is 0. The van der Waals surface area contributed by atoms with Gasteiger partial charge in [-0.25, -0.2) is 4.98 Å². The summed E-state index contributed by atoms with van der Waals surface area (Å²) in [5.74, 6) is 2.31. The molecule has 0 amide bonds. The molecule has 0 aliphatic heterocycles. The van der Waals surface area contributed by atoms with Crippen LogP contribution in [-0.2, 0) is 6.42 Å². The Morgan fingerprint density at radius 1 is 1.25 bits per heavy atom. The number of aromatic nitrogens is 3. The van der Waals surface area contributed by atoms with E-state index in [1.165, 1.54) is 6.42 Å². The summed E-state index contributed by atoms with van der Waals surface area (Å²) in [7, 11) is 0. The monoisotopic (exact) mass is 276 g/mol. The van der Waals surface area contributed by atoms with Crippen molar-refractivity contribution in [3.8, 4) is 5.88 Å². The van der Waals surface area contributed by atoms with E-state index in [2.05, 4.69) is 21.9 Å². The van der Waals surface area contributed by atoms with Gasteiger partial charge in [-0.05, 0) is 38.3 Å². The second-order valence-electron chi connectivity index (χ2n) is 5.03. The summed E-state index contributed by atoms with van der Waals surface area (Å²) in [6, 6.07) is 3.85. The zero-order chi connectivity index (χ0) is 14.4. The molecule has 0 fully saturated rings. The predicted octanol–water partition coefficient (Wildman–Crippen LogP) is 2.66. The standard InChI is InChI=1S/C15H24N4O/c1-3-11(9-10-16)5-7-13-17-12-6-8-14(20-4-2)19-15(12)18-13/h6,8,11H,3-5,7,9-10,16H2,1-2H3,(H,17,18,19). The Labute approximate surface area is 119 Å². The van der Waals surface area contributed by atoms with Gasteiger partial charge in [-0.2, -0.15) is 4.98 Å². The maximum atomic E-state index is 5.63. The van der Waals surface area contributed by atoms with Crippen LogP contribution in [-0.4, -0.2) is 28.1 Å². The van der Waals surface area contributed by atoms with Crippen LogP contribution in [0.15, 0.2) is 12.1 Å². The number of fused-ring (bicyclic) bond motifs is 1. The summed E-state index contributed by atoms with van der Waals surface area (Å²) < 4.78 is 5.39. The molecule has 0 aliphatic rings. The lowest BCUT2D eigenvalue weighted by atomic mass is 9.97. The molecule has 0 aliphatic carbocycles. The van der Waals surface area contributed by atoms with Crippen LogP contribution < -0.4 is 10.5 Å². The van der Waals surface area contributed by atoms with Gasteiger partial charge in [0.15, 0.2) is 5.65 Å². The van der Waals surface area contributed by atoms with Crippen molar-refractivity contribution in [2.75, 3.05) is 13.2 Å². The van der Waals surface area contributed by atoms with Crippen molar-refractivity contribution in [2.45, 2.75) is 39.5 Å². The van der Waals surface area contributed by atoms with E-state index in [1.807, 2.05) is 19.1 Å². The Morgan fingerprint density at radius 2 is 2.10 bits per heavy atom. The van der Waals surface area contributed by atoms with E-state index in [-0.39, 0.29) is 0 Å². The molecule has 20 heavy (non-hydrogen) atoms. The van der Waals surface area contributed by atoms with E-state index in [1.54, 1.807) is 0 Å². The van der Waals surface area contributed by atoms with Crippen molar-refractivity contribution in [1.82, 2.24) is 15.0 Å². The third-order valence-electron chi connectivity index (χ3n) is 3.60. The van der Waals surface area contributed by atoms with Crippen LogP contribution in [0.3, 0.4) is 0 Å². The molecule has 0 radical (unpaired) electrons. The normalized spacial score (nSPS) is 12.8. The molecule has 0 saturated carbocycles. The highest BCUT2D eigenvalue weighted by Gasteiger charge is 2.09. The topological polar surface area (TPSA) is 76.8 Å². The van der Waals surface area contributed by atoms with E-state index in [0.717, 1.165) is 42.8 Å². The van der Waals surface area contributed by atoms with E-state index in [4.69, 9.17) is 10.5 Å². The first-order valence-corrected chi connectivity index (χ1v) is 7.45. The van der Waals surface area contributed by atoms with Crippen molar-refractivity contribution in [3.63, 3.8) is 0 Å². The van der Waals surface area contributed by atoms with Gasteiger partial charge in [0, 0.05) is 12.5 Å². The number of hydrogen-bond acceptors (Lipinski definition) is 4. The van der Waals surface area contributed by atoms with Crippen LogP contribution in [0.4, 0.5) is 0 Å². The second kappa shape index (κ2) is 7.24. The first-order valence-electron chi connectivity index (χ1n) is 7.45. The van der Waals surface area contributed by atoms with Gasteiger partial charge in [0.2, 0.25) is 5.88 Å². The van der Waals surface area contributed by atoms with Crippen LogP contribution in [0.5, 0.6) is 5.88 Å². The lowest BCUT2D eigenvalue weighted by Gasteiger charge is -2.11. The number of nitrogens with zero attached hydrogens (tertiary/aromatic N) is 2. The van der Waals surface area contributed by atoms with Gasteiger partial charge < -0.3 is 15.5 Å². The molecule has 0 bridgehead atoms. The lowest BCUT2D eigenvalue weighted by Crippen LogP contribution is -2.09. The van der Waals surface area contributed by atoms with Gasteiger partial charge in [-0.1, -0.05) is 13.3 Å². The number of hydrogen-bond donors (Lipinski definition) is 2. The third-order valence-corrected chi connectivity index (χ3v) is 3.60. The van der Waals surface area contributed by atoms with Gasteiger partial charge in [0.05, 0.1) is 12.1 Å². The maximum Gasteiger partial charge on any atom is 0.215 e. The Bertz CT molecular complexity index is 538. The molecule has 1 unspecified atom stereocenters. The van der Waals surface area contributed by atoms with Gasteiger partial charge >= 0.3 is 0 Å². The molecular weight excluding hydrogens is 252 g/mol. The van der Waals surface area contributed by atoms with Crippen molar-refractivity contribution in [2.24, 2.45) is 11.7 Å². The minimum Gasteiger partial charge on any atom is -0.478 e. The Hall–Kier alpha value is -1.62. The molecule has 2 heterocycles. The van der Waals surface area contributed by atoms with E-state index < -0.39 is 0 Å². The van der Waals surface area contributed by atoms with Crippen molar-refractivity contribution in [3.05, 3.63) is 18.0 Å². The Morgan fingerprint density at radius 3 is 2.80 bits per heavy atom. The van der Waals surface area contributed by atoms with Crippen LogP contribution >= 0.6 is 0 Å². The third kappa shape index (κ3) is 3.70. The molecule has 5 heteroatoms. The summed E-state index contributed by atoms with van der Waals surface area (Å²) in [5, 5.41) is 0. The molecule has 5 nitrogen and oxygen atoms in total. The fourth-order valence-electron chi connectivity index (χ4n) is 2.40. The zero-order valence-electron chi connectivity index (χ0n) is 12.4. The summed E-state index contributed by atoms with van der Waals surface area (Å²) in [6.45, 7) is 5.55. The number of nitrogens with one attached hydrogen (secondary N) is 1. The van der Waals surface area contributed by atoms with Crippen LogP contribution in [0.2, 0.25) is 0 Å². The Kier molecular flexibility index (Phi) is 5.35. The number of aryl methyl sites for hydroxylation is 1. The molecule has 0 saturated heterocycles. The molecule has 1 atom stereocenters. The molecule has 2 aromatic rings. The van der Waals surface area contributed by atoms with Gasteiger partial charge in [0.25, 0.3) is 0 Å². The number of aromatic amines is 1. The van der Waals surface area contributed by atoms with E-state index in [0.29, 0.717) is 18.4 Å². The maximum absolute atomic E-state index is 5.63. The SMILES string of the molecule is CCOc1ccc2[nH]c(CCC(CC)CCN)nc2n1. The first-order chi connectivity index (χ1) is 9.76. The van der Waals surface area contributed by atoms with Gasteiger partial charge in [-0.3, -0.25) is 0 Å². The average molecular weight is 276 g/mol. The lowest BCUT2D eigenvalue weighted by molar-refractivity contribution is 0.328. The number of rotatable bonds is 8. The van der Waals surface area contributed by atoms with Crippen molar-refractivity contribution >= 4 is 11.2 Å². The molecule has 2 aromatic heterocycles. The molecule has 0 aromatic carbocycles. The van der Waals surface area contributed by atoms with Crippen LogP contribution in [0.1, 0.15) is 38.9 Å². The highest BCUT2D eigenvalue weighted by Crippen LogP contribution is 2.18. The molecule has 2 rings (SSSR count). The smallest absolute Gasteiger partial charge is 0.215 e. The first kappa shape index (κ1) is 14.8. The average Bonchev–Trinajstić information content (AvgIpc) is 2.86. The number of imidazole rings is 1. The van der Waals surface area contributed by atoms with Crippen molar-refractivity contribution in [1.29, 1.82) is 0 Å². The number of ether oxygens (including phenoxy) is 1. The van der Waals surface area contributed by atoms with Crippen LogP contribution in [0.25, 0.3) is 11.2 Å². The minimum absolute atomic E-state index is 0.618. The molecular formula is C15H24N4O. The minimum atomic E-state index is 0.618. The summed E-state index contributed by atoms with van der Waals surface area (Å²) in [5.41, 5.74) is 7.34.